The predicted octanol–water partition coefficient (Wildman–Crippen LogP) is 4.65. The van der Waals surface area contributed by atoms with E-state index >= 15 is 0 Å². The van der Waals surface area contributed by atoms with Crippen molar-refractivity contribution in [3.8, 4) is 0 Å². The van der Waals surface area contributed by atoms with Gasteiger partial charge in [0.15, 0.2) is 0 Å². The number of carbonyl (C=O) groups is 1. The lowest BCUT2D eigenvalue weighted by Crippen LogP contribution is -2.45. The van der Waals surface area contributed by atoms with Crippen LogP contribution in [-0.4, -0.2) is 36.5 Å². The Morgan fingerprint density at radius 2 is 1.86 bits per heavy atom. The number of likely N-dealkylation sites (tertiary alicyclic amines) is 1. The van der Waals surface area contributed by atoms with Gasteiger partial charge in [-0.15, -0.1) is 0 Å². The average Bonchev–Trinajstić information content (AvgIpc) is 3.21. The van der Waals surface area contributed by atoms with Gasteiger partial charge in [0.2, 0.25) is 0 Å². The van der Waals surface area contributed by atoms with Crippen molar-refractivity contribution in [2.45, 2.75) is 58.4 Å². The van der Waals surface area contributed by atoms with E-state index in [4.69, 9.17) is 4.42 Å². The second-order valence-corrected chi connectivity index (χ2v) is 9.24. The maximum atomic E-state index is 12.4. The molecule has 1 amide bonds. The first-order chi connectivity index (χ1) is 13.3. The summed E-state index contributed by atoms with van der Waals surface area (Å²) >= 11 is 0. The molecule has 0 bridgehead atoms. The van der Waals surface area contributed by atoms with E-state index in [-0.39, 0.29) is 11.3 Å². The van der Waals surface area contributed by atoms with Gasteiger partial charge >= 0.3 is 0 Å². The van der Waals surface area contributed by atoms with Crippen LogP contribution in [0.5, 0.6) is 0 Å². The molecule has 1 aromatic heterocycles. The van der Waals surface area contributed by atoms with Crippen molar-refractivity contribution in [3.63, 3.8) is 0 Å². The van der Waals surface area contributed by atoms with E-state index in [0.717, 1.165) is 38.9 Å². The summed E-state index contributed by atoms with van der Waals surface area (Å²) in [7, 11) is 0. The number of amides is 1. The maximum absolute atomic E-state index is 12.4. The normalized spacial score (nSPS) is 16.9. The zero-order valence-corrected chi connectivity index (χ0v) is 17.7. The molecule has 0 aliphatic carbocycles. The smallest absolute Gasteiger partial charge is 0.257 e. The maximum Gasteiger partial charge on any atom is 0.257 e. The number of piperidine rings is 1. The molecule has 28 heavy (non-hydrogen) atoms. The van der Waals surface area contributed by atoms with Gasteiger partial charge in [0.25, 0.3) is 5.91 Å². The van der Waals surface area contributed by atoms with E-state index in [0.29, 0.717) is 17.5 Å². The van der Waals surface area contributed by atoms with Crippen molar-refractivity contribution in [1.29, 1.82) is 0 Å². The predicted molar refractivity (Wildman–Crippen MR) is 114 cm³/mol. The molecule has 4 nitrogen and oxygen atoms in total. The molecule has 3 rings (SSSR count). The van der Waals surface area contributed by atoms with Crippen LogP contribution in [0.1, 0.15) is 62.0 Å². The third kappa shape index (κ3) is 5.48. The number of nitrogens with zero attached hydrogens (tertiary/aromatic N) is 1. The van der Waals surface area contributed by atoms with Gasteiger partial charge in [-0.3, -0.25) is 4.79 Å². The Morgan fingerprint density at radius 1 is 1.18 bits per heavy atom. The van der Waals surface area contributed by atoms with E-state index in [1.165, 1.54) is 17.4 Å². The molecule has 1 aliphatic rings. The molecule has 152 valence electrons. The zero-order valence-electron chi connectivity index (χ0n) is 17.7. The van der Waals surface area contributed by atoms with Gasteiger partial charge in [-0.25, -0.2) is 0 Å². The molecule has 1 atom stereocenters. The Balaban J connectivity index is 1.39. The third-order valence-corrected chi connectivity index (χ3v) is 5.71. The summed E-state index contributed by atoms with van der Waals surface area (Å²) < 4.78 is 5.02. The van der Waals surface area contributed by atoms with E-state index < -0.39 is 0 Å². The fourth-order valence-corrected chi connectivity index (χ4v) is 3.84. The van der Waals surface area contributed by atoms with Gasteiger partial charge in [0.05, 0.1) is 11.8 Å². The summed E-state index contributed by atoms with van der Waals surface area (Å²) in [6, 6.07) is 11.3. The van der Waals surface area contributed by atoms with Gasteiger partial charge in [-0.2, -0.15) is 0 Å². The summed E-state index contributed by atoms with van der Waals surface area (Å²) in [6.45, 7) is 11.7. The number of carbonyl (C=O) groups excluding carboxylic acids is 1. The highest BCUT2D eigenvalue weighted by Gasteiger charge is 2.24. The minimum atomic E-state index is 0.0827. The molecule has 0 spiro atoms. The van der Waals surface area contributed by atoms with Crippen molar-refractivity contribution >= 4 is 5.91 Å². The van der Waals surface area contributed by atoms with Crippen molar-refractivity contribution in [1.82, 2.24) is 10.2 Å². The summed E-state index contributed by atoms with van der Waals surface area (Å²) in [5, 5.41) is 3.72. The topological polar surface area (TPSA) is 45.5 Å². The molecule has 2 aromatic rings. The summed E-state index contributed by atoms with van der Waals surface area (Å²) in [5.41, 5.74) is 3.65. The van der Waals surface area contributed by atoms with Gasteiger partial charge in [-0.1, -0.05) is 52.0 Å². The Hall–Kier alpha value is -2.07. The van der Waals surface area contributed by atoms with Crippen LogP contribution in [0.2, 0.25) is 0 Å². The van der Waals surface area contributed by atoms with Gasteiger partial charge in [0.1, 0.15) is 6.26 Å². The van der Waals surface area contributed by atoms with Crippen molar-refractivity contribution in [3.05, 3.63) is 59.5 Å². The minimum absolute atomic E-state index is 0.0827. The standard InChI is InChI=1S/C24H34N2O2/c1-18(15-19-5-7-21(8-6-19)24(2,3)4)16-25-22-9-12-26(13-10-22)23(27)20-11-14-28-17-20/h5-8,11,14,17-18,22,25H,9-10,12-13,15-16H2,1-4H3/t18-/m1/s1. The molecule has 1 saturated heterocycles. The van der Waals surface area contributed by atoms with Crippen LogP contribution in [0.15, 0.2) is 47.3 Å². The van der Waals surface area contributed by atoms with Gasteiger partial charge in [0, 0.05) is 19.1 Å². The van der Waals surface area contributed by atoms with Crippen LogP contribution in [0, 0.1) is 5.92 Å². The van der Waals surface area contributed by atoms with E-state index in [1.54, 1.807) is 12.3 Å². The Morgan fingerprint density at radius 3 is 2.43 bits per heavy atom. The first kappa shape index (κ1) is 20.7. The average molecular weight is 383 g/mol. The Bertz CT molecular complexity index is 736. The molecule has 1 aliphatic heterocycles. The van der Waals surface area contributed by atoms with Gasteiger partial charge in [-0.05, 0) is 54.3 Å². The number of nitrogens with one attached hydrogen (secondary N) is 1. The molecule has 1 fully saturated rings. The highest BCUT2D eigenvalue weighted by atomic mass is 16.3. The molecular weight excluding hydrogens is 348 g/mol. The monoisotopic (exact) mass is 382 g/mol. The molecule has 1 aromatic carbocycles. The number of hydrogen-bond donors (Lipinski definition) is 1. The summed E-state index contributed by atoms with van der Waals surface area (Å²) in [4.78, 5) is 14.3. The number of hydrogen-bond acceptors (Lipinski definition) is 3. The Kier molecular flexibility index (Phi) is 6.61. The van der Waals surface area contributed by atoms with Crippen LogP contribution in [0.3, 0.4) is 0 Å². The van der Waals surface area contributed by atoms with E-state index in [9.17, 15) is 4.79 Å². The number of benzene rings is 1. The second-order valence-electron chi connectivity index (χ2n) is 9.24. The quantitative estimate of drug-likeness (QED) is 0.791. The fourth-order valence-electron chi connectivity index (χ4n) is 3.84. The van der Waals surface area contributed by atoms with Crippen molar-refractivity contribution in [2.24, 2.45) is 5.92 Å². The third-order valence-electron chi connectivity index (χ3n) is 5.71. The van der Waals surface area contributed by atoms with Crippen LogP contribution >= 0.6 is 0 Å². The molecule has 1 N–H and O–H groups in total. The minimum Gasteiger partial charge on any atom is -0.472 e. The number of rotatable bonds is 6. The summed E-state index contributed by atoms with van der Waals surface area (Å²) in [6.07, 6.45) is 6.20. The first-order valence-electron chi connectivity index (χ1n) is 10.5. The molecule has 2 heterocycles. The van der Waals surface area contributed by atoms with Crippen molar-refractivity contribution < 1.29 is 9.21 Å². The summed E-state index contributed by atoms with van der Waals surface area (Å²) in [5.74, 6) is 0.672. The lowest BCUT2D eigenvalue weighted by molar-refractivity contribution is 0.0703. The Labute approximate surface area is 169 Å². The van der Waals surface area contributed by atoms with Crippen LogP contribution < -0.4 is 5.32 Å². The zero-order chi connectivity index (χ0) is 20.1. The lowest BCUT2D eigenvalue weighted by atomic mass is 9.86. The van der Waals surface area contributed by atoms with Crippen LogP contribution in [-0.2, 0) is 11.8 Å². The largest absolute Gasteiger partial charge is 0.472 e. The molecule has 0 radical (unpaired) electrons. The fraction of sp³-hybridized carbons (Fsp3) is 0.542. The SMILES string of the molecule is C[C@@H](CNC1CCN(C(=O)c2ccoc2)CC1)Cc1ccc(C(C)(C)C)cc1. The molecule has 0 unspecified atom stereocenters. The second kappa shape index (κ2) is 8.95. The highest BCUT2D eigenvalue weighted by Crippen LogP contribution is 2.23. The molecule has 4 heteroatoms. The van der Waals surface area contributed by atoms with Gasteiger partial charge < -0.3 is 14.6 Å². The molecular formula is C24H34N2O2. The van der Waals surface area contributed by atoms with Crippen LogP contribution in [0.25, 0.3) is 0 Å². The van der Waals surface area contributed by atoms with E-state index in [1.807, 2.05) is 4.90 Å². The highest BCUT2D eigenvalue weighted by molar-refractivity contribution is 5.93. The number of furan rings is 1. The lowest BCUT2D eigenvalue weighted by Gasteiger charge is -2.33. The molecule has 0 saturated carbocycles. The van der Waals surface area contributed by atoms with Crippen LogP contribution in [0.4, 0.5) is 0 Å². The first-order valence-corrected chi connectivity index (χ1v) is 10.5. The van der Waals surface area contributed by atoms with E-state index in [2.05, 4.69) is 57.3 Å². The van der Waals surface area contributed by atoms with Crippen molar-refractivity contribution in [2.75, 3.05) is 19.6 Å².